The molecule has 60 valence electrons. The number of hydrogen-bond acceptors (Lipinski definition) is 3. The average molecular weight is 146 g/mol. The van der Waals surface area contributed by atoms with Crippen LogP contribution in [0, 0.1) is 0 Å². The summed E-state index contributed by atoms with van der Waals surface area (Å²) in [7, 11) is 1.47. The lowest BCUT2D eigenvalue weighted by molar-refractivity contribution is -0.148. The Balaban J connectivity index is 3.05. The Morgan fingerprint density at radius 2 is 2.20 bits per heavy atom. The van der Waals surface area contributed by atoms with Crippen molar-refractivity contribution in [2.45, 2.75) is 19.8 Å². The number of carbonyl (C=O) groups is 1. The van der Waals surface area contributed by atoms with Crippen molar-refractivity contribution in [3.63, 3.8) is 0 Å². The van der Waals surface area contributed by atoms with Crippen LogP contribution in [-0.2, 0) is 14.3 Å². The lowest BCUT2D eigenvalue weighted by Gasteiger charge is -2.01. The van der Waals surface area contributed by atoms with E-state index in [-0.39, 0.29) is 12.6 Å². The molecule has 0 N–H and O–H groups in total. The first-order chi connectivity index (χ1) is 4.81. The van der Waals surface area contributed by atoms with Gasteiger partial charge in [-0.3, -0.25) is 0 Å². The molecule has 0 bridgehead atoms. The molecule has 3 heteroatoms. The van der Waals surface area contributed by atoms with Gasteiger partial charge in [-0.15, -0.1) is 0 Å². The summed E-state index contributed by atoms with van der Waals surface area (Å²) in [5.41, 5.74) is 0. The van der Waals surface area contributed by atoms with Gasteiger partial charge >= 0.3 is 5.97 Å². The minimum Gasteiger partial charge on any atom is -0.464 e. The topological polar surface area (TPSA) is 35.5 Å². The van der Waals surface area contributed by atoms with E-state index in [0.717, 1.165) is 12.8 Å². The van der Waals surface area contributed by atoms with Crippen molar-refractivity contribution < 1.29 is 14.3 Å². The van der Waals surface area contributed by atoms with Crippen LogP contribution < -0.4 is 0 Å². The molecule has 0 aliphatic rings. The molecular formula is C7H14O3. The summed E-state index contributed by atoms with van der Waals surface area (Å²) < 4.78 is 9.32. The van der Waals surface area contributed by atoms with Crippen molar-refractivity contribution in [1.29, 1.82) is 0 Å². The highest BCUT2D eigenvalue weighted by Gasteiger charge is 1.98. The molecule has 0 aromatic carbocycles. The van der Waals surface area contributed by atoms with E-state index in [1.807, 2.05) is 6.92 Å². The highest BCUT2D eigenvalue weighted by molar-refractivity contribution is 5.70. The average Bonchev–Trinajstić information content (AvgIpc) is 1.89. The van der Waals surface area contributed by atoms with E-state index < -0.39 is 0 Å². The second-order valence-corrected chi connectivity index (χ2v) is 2.01. The van der Waals surface area contributed by atoms with Crippen LogP contribution in [0.2, 0.25) is 0 Å². The van der Waals surface area contributed by atoms with Crippen LogP contribution in [0.4, 0.5) is 0 Å². The zero-order chi connectivity index (χ0) is 7.82. The van der Waals surface area contributed by atoms with Gasteiger partial charge in [0, 0.05) is 7.11 Å². The third-order valence-corrected chi connectivity index (χ3v) is 1.02. The van der Waals surface area contributed by atoms with Gasteiger partial charge in [0.15, 0.2) is 0 Å². The molecular weight excluding hydrogens is 132 g/mol. The first-order valence-electron chi connectivity index (χ1n) is 3.45. The summed E-state index contributed by atoms with van der Waals surface area (Å²) >= 11 is 0. The van der Waals surface area contributed by atoms with Crippen molar-refractivity contribution in [3.8, 4) is 0 Å². The Labute approximate surface area is 61.3 Å². The van der Waals surface area contributed by atoms with Crippen LogP contribution in [-0.4, -0.2) is 26.3 Å². The molecule has 0 amide bonds. The Morgan fingerprint density at radius 3 is 2.70 bits per heavy atom. The smallest absolute Gasteiger partial charge is 0.332 e. The van der Waals surface area contributed by atoms with Gasteiger partial charge in [-0.1, -0.05) is 13.3 Å². The fourth-order valence-corrected chi connectivity index (χ4v) is 0.490. The normalized spacial score (nSPS) is 9.40. The fourth-order valence-electron chi connectivity index (χ4n) is 0.490. The molecule has 0 rings (SSSR count). The summed E-state index contributed by atoms with van der Waals surface area (Å²) in [6.07, 6.45) is 1.97. The highest BCUT2D eigenvalue weighted by atomic mass is 16.6. The minimum absolute atomic E-state index is 0.0592. The molecule has 0 unspecified atom stereocenters. The zero-order valence-corrected chi connectivity index (χ0v) is 6.55. The molecule has 0 aromatic heterocycles. The molecule has 0 saturated carbocycles. The zero-order valence-electron chi connectivity index (χ0n) is 6.55. The summed E-state index contributed by atoms with van der Waals surface area (Å²) in [5.74, 6) is -0.282. The van der Waals surface area contributed by atoms with Crippen molar-refractivity contribution in [2.75, 3.05) is 20.3 Å². The van der Waals surface area contributed by atoms with Crippen LogP contribution >= 0.6 is 0 Å². The number of rotatable bonds is 5. The largest absolute Gasteiger partial charge is 0.464 e. The lowest BCUT2D eigenvalue weighted by Crippen LogP contribution is -2.11. The third-order valence-electron chi connectivity index (χ3n) is 1.02. The van der Waals surface area contributed by atoms with Gasteiger partial charge in [0.2, 0.25) is 0 Å². The number of hydrogen-bond donors (Lipinski definition) is 0. The first kappa shape index (κ1) is 9.43. The number of carbonyl (C=O) groups excluding carboxylic acids is 1. The SMILES string of the molecule is CCCCOC(=O)COC. The summed E-state index contributed by atoms with van der Waals surface area (Å²) in [4.78, 5) is 10.6. The van der Waals surface area contributed by atoms with E-state index in [4.69, 9.17) is 4.74 Å². The van der Waals surface area contributed by atoms with Crippen LogP contribution in [0.25, 0.3) is 0 Å². The number of esters is 1. The van der Waals surface area contributed by atoms with Crippen LogP contribution in [0.1, 0.15) is 19.8 Å². The van der Waals surface area contributed by atoms with Crippen molar-refractivity contribution in [3.05, 3.63) is 0 Å². The maximum absolute atomic E-state index is 10.6. The molecule has 0 heterocycles. The number of methoxy groups -OCH3 is 1. The molecule has 0 saturated heterocycles. The molecule has 0 aliphatic heterocycles. The standard InChI is InChI=1S/C7H14O3/c1-3-4-5-10-7(8)6-9-2/h3-6H2,1-2H3. The van der Waals surface area contributed by atoms with Gasteiger partial charge in [-0.05, 0) is 6.42 Å². The van der Waals surface area contributed by atoms with Gasteiger partial charge in [0.25, 0.3) is 0 Å². The fraction of sp³-hybridized carbons (Fsp3) is 0.857. The van der Waals surface area contributed by atoms with Crippen LogP contribution in [0.5, 0.6) is 0 Å². The maximum atomic E-state index is 10.6. The Hall–Kier alpha value is -0.570. The summed E-state index contributed by atoms with van der Waals surface area (Å²) in [6.45, 7) is 2.62. The van der Waals surface area contributed by atoms with E-state index in [0.29, 0.717) is 6.61 Å². The van der Waals surface area contributed by atoms with E-state index in [2.05, 4.69) is 4.74 Å². The van der Waals surface area contributed by atoms with Gasteiger partial charge < -0.3 is 9.47 Å². The maximum Gasteiger partial charge on any atom is 0.332 e. The molecule has 0 aromatic rings. The minimum atomic E-state index is -0.282. The quantitative estimate of drug-likeness (QED) is 0.428. The first-order valence-corrected chi connectivity index (χ1v) is 3.45. The van der Waals surface area contributed by atoms with Gasteiger partial charge in [0.05, 0.1) is 6.61 Å². The van der Waals surface area contributed by atoms with E-state index >= 15 is 0 Å². The molecule has 0 radical (unpaired) electrons. The van der Waals surface area contributed by atoms with E-state index in [1.54, 1.807) is 0 Å². The monoisotopic (exact) mass is 146 g/mol. The third kappa shape index (κ3) is 5.56. The second-order valence-electron chi connectivity index (χ2n) is 2.01. The van der Waals surface area contributed by atoms with Crippen LogP contribution in [0.3, 0.4) is 0 Å². The van der Waals surface area contributed by atoms with Gasteiger partial charge in [-0.2, -0.15) is 0 Å². The number of ether oxygens (including phenoxy) is 2. The van der Waals surface area contributed by atoms with E-state index in [1.165, 1.54) is 7.11 Å². The van der Waals surface area contributed by atoms with Crippen LogP contribution in [0.15, 0.2) is 0 Å². The van der Waals surface area contributed by atoms with Crippen molar-refractivity contribution in [1.82, 2.24) is 0 Å². The predicted octanol–water partition coefficient (Wildman–Crippen LogP) is 0.976. The number of unbranched alkanes of at least 4 members (excludes halogenated alkanes) is 1. The highest BCUT2D eigenvalue weighted by Crippen LogP contribution is 1.88. The molecule has 3 nitrogen and oxygen atoms in total. The van der Waals surface area contributed by atoms with Gasteiger partial charge in [-0.25, -0.2) is 4.79 Å². The molecule has 0 aliphatic carbocycles. The van der Waals surface area contributed by atoms with Crippen molar-refractivity contribution >= 4 is 5.97 Å². The van der Waals surface area contributed by atoms with Gasteiger partial charge in [0.1, 0.15) is 6.61 Å². The summed E-state index contributed by atoms with van der Waals surface area (Å²) in [6, 6.07) is 0. The summed E-state index contributed by atoms with van der Waals surface area (Å²) in [5, 5.41) is 0. The Bertz CT molecular complexity index is 90.9. The molecule has 10 heavy (non-hydrogen) atoms. The molecule has 0 fully saturated rings. The Morgan fingerprint density at radius 1 is 1.50 bits per heavy atom. The molecule has 0 spiro atoms. The predicted molar refractivity (Wildman–Crippen MR) is 37.7 cm³/mol. The molecule has 0 atom stereocenters. The second kappa shape index (κ2) is 6.55. The lowest BCUT2D eigenvalue weighted by atomic mass is 10.4. The van der Waals surface area contributed by atoms with E-state index in [9.17, 15) is 4.79 Å². The Kier molecular flexibility index (Phi) is 6.18. The van der Waals surface area contributed by atoms with Crippen molar-refractivity contribution in [2.24, 2.45) is 0 Å².